The molecular weight excluding hydrogens is 336 g/mol. The Morgan fingerprint density at radius 1 is 1.23 bits per heavy atom. The molecule has 0 spiro atoms. The van der Waals surface area contributed by atoms with E-state index >= 15 is 0 Å². The number of hydrogen-bond donors (Lipinski definition) is 1. The number of amides is 2. The summed E-state index contributed by atoms with van der Waals surface area (Å²) in [5, 5.41) is 2.48. The van der Waals surface area contributed by atoms with E-state index < -0.39 is 6.09 Å². The number of hydrogen-bond acceptors (Lipinski definition) is 6. The lowest BCUT2D eigenvalue weighted by atomic mass is 10.2. The van der Waals surface area contributed by atoms with Crippen molar-refractivity contribution >= 4 is 12.0 Å². The van der Waals surface area contributed by atoms with E-state index in [1.165, 1.54) is 6.20 Å². The van der Waals surface area contributed by atoms with Gasteiger partial charge in [0.25, 0.3) is 0 Å². The Labute approximate surface area is 151 Å². The van der Waals surface area contributed by atoms with Crippen molar-refractivity contribution in [3.05, 3.63) is 54.5 Å². The second-order valence-corrected chi connectivity index (χ2v) is 5.83. The van der Waals surface area contributed by atoms with E-state index in [0.717, 1.165) is 5.56 Å². The fourth-order valence-electron chi connectivity index (χ4n) is 2.60. The van der Waals surface area contributed by atoms with Crippen molar-refractivity contribution in [2.45, 2.75) is 19.1 Å². The smallest absolute Gasteiger partial charge is 0.407 e. The van der Waals surface area contributed by atoms with Gasteiger partial charge in [-0.15, -0.1) is 0 Å². The zero-order chi connectivity index (χ0) is 18.2. The molecule has 1 saturated heterocycles. The van der Waals surface area contributed by atoms with Crippen LogP contribution >= 0.6 is 0 Å². The Bertz CT molecular complexity index is 726. The Kier molecular flexibility index (Phi) is 5.97. The van der Waals surface area contributed by atoms with Crippen LogP contribution in [0.15, 0.2) is 48.9 Å². The summed E-state index contributed by atoms with van der Waals surface area (Å²) in [6.07, 6.45) is 4.63. The molecule has 1 N–H and O–H groups in total. The topological polar surface area (TPSA) is 93.7 Å². The summed E-state index contributed by atoms with van der Waals surface area (Å²) in [6.45, 7) is 1.09. The maximum atomic E-state index is 12.2. The molecule has 2 amide bonds. The average Bonchev–Trinajstić information content (AvgIpc) is 3.14. The number of nitrogens with one attached hydrogen (secondary N) is 1. The molecule has 1 unspecified atom stereocenters. The van der Waals surface area contributed by atoms with E-state index in [1.807, 2.05) is 30.3 Å². The first-order chi connectivity index (χ1) is 12.7. The number of carbonyl (C=O) groups is 2. The second-order valence-electron chi connectivity index (χ2n) is 5.83. The number of likely N-dealkylation sites (tertiary alicyclic amines) is 1. The van der Waals surface area contributed by atoms with Crippen molar-refractivity contribution in [1.82, 2.24) is 20.2 Å². The highest BCUT2D eigenvalue weighted by Crippen LogP contribution is 2.15. The molecule has 26 heavy (non-hydrogen) atoms. The minimum absolute atomic E-state index is 0.106. The lowest BCUT2D eigenvalue weighted by Crippen LogP contribution is -2.39. The molecule has 0 saturated carbocycles. The molecule has 1 fully saturated rings. The van der Waals surface area contributed by atoms with Gasteiger partial charge in [0.1, 0.15) is 19.3 Å². The van der Waals surface area contributed by atoms with E-state index in [9.17, 15) is 9.59 Å². The van der Waals surface area contributed by atoms with Crippen LogP contribution in [0.1, 0.15) is 12.0 Å². The number of aromatic nitrogens is 2. The van der Waals surface area contributed by atoms with Crippen LogP contribution in [-0.2, 0) is 16.1 Å². The summed E-state index contributed by atoms with van der Waals surface area (Å²) in [7, 11) is 0. The molecule has 0 aliphatic carbocycles. The number of rotatable bonds is 6. The Balaban J connectivity index is 1.36. The van der Waals surface area contributed by atoms with E-state index in [1.54, 1.807) is 17.3 Å². The van der Waals surface area contributed by atoms with Crippen molar-refractivity contribution < 1.29 is 19.1 Å². The van der Waals surface area contributed by atoms with Crippen molar-refractivity contribution in [1.29, 1.82) is 0 Å². The van der Waals surface area contributed by atoms with Gasteiger partial charge in [0, 0.05) is 25.4 Å². The Morgan fingerprint density at radius 3 is 2.85 bits per heavy atom. The maximum Gasteiger partial charge on any atom is 0.407 e. The van der Waals surface area contributed by atoms with Crippen LogP contribution in [0.25, 0.3) is 0 Å². The highest BCUT2D eigenvalue weighted by Gasteiger charge is 2.28. The van der Waals surface area contributed by atoms with Gasteiger partial charge in [-0.25, -0.2) is 9.78 Å². The first kappa shape index (κ1) is 17.7. The molecule has 0 radical (unpaired) electrons. The quantitative estimate of drug-likeness (QED) is 0.840. The van der Waals surface area contributed by atoms with Gasteiger partial charge in [-0.1, -0.05) is 30.3 Å². The lowest BCUT2D eigenvalue weighted by molar-refractivity contribution is -0.129. The highest BCUT2D eigenvalue weighted by atomic mass is 16.5. The average molecular weight is 356 g/mol. The molecule has 1 aromatic carbocycles. The summed E-state index contributed by atoms with van der Waals surface area (Å²) in [5.74, 6) is 0.265. The zero-order valence-corrected chi connectivity index (χ0v) is 14.2. The largest absolute Gasteiger partial charge is 0.471 e. The molecular formula is C18H20N4O4. The molecule has 136 valence electrons. The normalized spacial score (nSPS) is 16.2. The third kappa shape index (κ3) is 5.17. The third-order valence-electron chi connectivity index (χ3n) is 3.92. The Hall–Kier alpha value is -3.16. The van der Waals surface area contributed by atoms with Crippen LogP contribution in [0.2, 0.25) is 0 Å². The molecule has 1 aromatic heterocycles. The highest BCUT2D eigenvalue weighted by molar-refractivity contribution is 5.82. The van der Waals surface area contributed by atoms with Crippen LogP contribution < -0.4 is 10.1 Å². The zero-order valence-electron chi connectivity index (χ0n) is 14.2. The second kappa shape index (κ2) is 8.80. The number of nitrogens with zero attached hydrogens (tertiary/aromatic N) is 3. The molecule has 8 heteroatoms. The van der Waals surface area contributed by atoms with Crippen LogP contribution in [0.3, 0.4) is 0 Å². The van der Waals surface area contributed by atoms with Crippen LogP contribution in [0.5, 0.6) is 5.88 Å². The molecule has 8 nitrogen and oxygen atoms in total. The van der Waals surface area contributed by atoms with Gasteiger partial charge < -0.3 is 19.7 Å². The van der Waals surface area contributed by atoms with Crippen LogP contribution in [0, 0.1) is 0 Å². The molecule has 2 heterocycles. The number of ether oxygens (including phenoxy) is 2. The number of carbonyl (C=O) groups excluding carboxylic acids is 2. The van der Waals surface area contributed by atoms with E-state index in [0.29, 0.717) is 25.4 Å². The van der Waals surface area contributed by atoms with Crippen molar-refractivity contribution in [2.24, 2.45) is 0 Å². The summed E-state index contributed by atoms with van der Waals surface area (Å²) >= 11 is 0. The SMILES string of the molecule is O=C(NCC(=O)N1CCC(Oc2cnccn2)C1)OCc1ccccc1. The van der Waals surface area contributed by atoms with Gasteiger partial charge in [0.15, 0.2) is 0 Å². The summed E-state index contributed by atoms with van der Waals surface area (Å²) in [4.78, 5) is 33.5. The van der Waals surface area contributed by atoms with Crippen LogP contribution in [0.4, 0.5) is 4.79 Å². The summed E-state index contributed by atoms with van der Waals surface area (Å²) in [6, 6.07) is 9.35. The van der Waals surface area contributed by atoms with Gasteiger partial charge in [-0.05, 0) is 5.56 Å². The van der Waals surface area contributed by atoms with Gasteiger partial charge in [-0.3, -0.25) is 9.78 Å². The molecule has 1 aliphatic heterocycles. The minimum atomic E-state index is -0.617. The molecule has 2 aromatic rings. The monoisotopic (exact) mass is 356 g/mol. The van der Waals surface area contributed by atoms with E-state index in [2.05, 4.69) is 15.3 Å². The lowest BCUT2D eigenvalue weighted by Gasteiger charge is -2.17. The van der Waals surface area contributed by atoms with Gasteiger partial charge in [0.05, 0.1) is 12.7 Å². The van der Waals surface area contributed by atoms with Crippen molar-refractivity contribution in [2.75, 3.05) is 19.6 Å². The van der Waals surface area contributed by atoms with Crippen molar-refractivity contribution in [3.63, 3.8) is 0 Å². The predicted molar refractivity (Wildman–Crippen MR) is 92.3 cm³/mol. The van der Waals surface area contributed by atoms with E-state index in [4.69, 9.17) is 9.47 Å². The maximum absolute atomic E-state index is 12.2. The summed E-state index contributed by atoms with van der Waals surface area (Å²) in [5.41, 5.74) is 0.887. The Morgan fingerprint density at radius 2 is 2.08 bits per heavy atom. The van der Waals surface area contributed by atoms with Crippen LogP contribution in [-0.4, -0.2) is 52.6 Å². The first-order valence-corrected chi connectivity index (χ1v) is 8.35. The van der Waals surface area contributed by atoms with Gasteiger partial charge in [-0.2, -0.15) is 0 Å². The van der Waals surface area contributed by atoms with Crippen molar-refractivity contribution in [3.8, 4) is 5.88 Å². The fourth-order valence-corrected chi connectivity index (χ4v) is 2.60. The molecule has 0 bridgehead atoms. The van der Waals surface area contributed by atoms with Gasteiger partial charge in [0.2, 0.25) is 11.8 Å². The summed E-state index contributed by atoms with van der Waals surface area (Å²) < 4.78 is 10.8. The van der Waals surface area contributed by atoms with Gasteiger partial charge >= 0.3 is 6.09 Å². The number of benzene rings is 1. The molecule has 1 atom stereocenters. The first-order valence-electron chi connectivity index (χ1n) is 8.35. The third-order valence-corrected chi connectivity index (χ3v) is 3.92. The number of alkyl carbamates (subject to hydrolysis) is 1. The molecule has 1 aliphatic rings. The predicted octanol–water partition coefficient (Wildman–Crippen LogP) is 1.38. The fraction of sp³-hybridized carbons (Fsp3) is 0.333. The van der Waals surface area contributed by atoms with E-state index in [-0.39, 0.29) is 25.2 Å². The minimum Gasteiger partial charge on any atom is -0.471 e. The molecule has 3 rings (SSSR count). The standard InChI is InChI=1S/C18H20N4O4/c23-17(11-21-18(24)25-13-14-4-2-1-3-5-14)22-9-6-15(12-22)26-16-10-19-7-8-20-16/h1-5,7-8,10,15H,6,9,11-13H2,(H,21,24).